The summed E-state index contributed by atoms with van der Waals surface area (Å²) >= 11 is 1.93. The van der Waals surface area contributed by atoms with Gasteiger partial charge in [0.05, 0.1) is 11.4 Å². The molecule has 0 aromatic heterocycles. The van der Waals surface area contributed by atoms with Crippen molar-refractivity contribution in [2.24, 2.45) is 4.99 Å². The number of thioether (sulfide) groups is 1. The molecule has 3 rings (SSSR count). The number of nitrogens with one attached hydrogen (secondary N) is 2. The fourth-order valence-electron chi connectivity index (χ4n) is 2.93. The molecule has 0 spiro atoms. The maximum Gasteiger partial charge on any atom is 0.242 e. The van der Waals surface area contributed by atoms with Crippen LogP contribution in [0.15, 0.2) is 69.4 Å². The Labute approximate surface area is 184 Å². The smallest absolute Gasteiger partial charge is 0.242 e. The summed E-state index contributed by atoms with van der Waals surface area (Å²) in [5.74, 6) is 0.780. The molecule has 2 aromatic rings. The van der Waals surface area contributed by atoms with Crippen LogP contribution in [-0.2, 0) is 16.6 Å². The summed E-state index contributed by atoms with van der Waals surface area (Å²) in [4.78, 5) is 6.26. The van der Waals surface area contributed by atoms with Gasteiger partial charge in [0, 0.05) is 36.8 Å². The molecule has 8 heteroatoms. The minimum atomic E-state index is -3.41. The molecule has 30 heavy (non-hydrogen) atoms. The number of guanidine groups is 1. The van der Waals surface area contributed by atoms with Crippen molar-refractivity contribution < 1.29 is 8.42 Å². The summed E-state index contributed by atoms with van der Waals surface area (Å²) in [6.07, 6.45) is 2.39. The van der Waals surface area contributed by atoms with Crippen LogP contribution < -0.4 is 10.6 Å². The Bertz CT molecular complexity index is 954. The summed E-state index contributed by atoms with van der Waals surface area (Å²) in [5, 5.41) is 6.77. The Balaban J connectivity index is 1.59. The van der Waals surface area contributed by atoms with Crippen molar-refractivity contribution in [2.75, 3.05) is 27.2 Å². The van der Waals surface area contributed by atoms with Gasteiger partial charge in [0.1, 0.15) is 0 Å². The van der Waals surface area contributed by atoms with Gasteiger partial charge in [-0.1, -0.05) is 30.3 Å². The van der Waals surface area contributed by atoms with E-state index < -0.39 is 10.0 Å². The number of hydrogen-bond acceptors (Lipinski definition) is 4. The highest BCUT2D eigenvalue weighted by Crippen LogP contribution is 2.51. The van der Waals surface area contributed by atoms with E-state index in [1.54, 1.807) is 12.1 Å². The third-order valence-corrected chi connectivity index (χ3v) is 8.25. The van der Waals surface area contributed by atoms with E-state index in [0.717, 1.165) is 24.6 Å². The van der Waals surface area contributed by atoms with Gasteiger partial charge in [-0.15, -0.1) is 11.8 Å². The Morgan fingerprint density at radius 1 is 1.07 bits per heavy atom. The first kappa shape index (κ1) is 22.7. The third kappa shape index (κ3) is 6.00. The van der Waals surface area contributed by atoms with Crippen LogP contribution in [0.5, 0.6) is 0 Å². The van der Waals surface area contributed by atoms with Gasteiger partial charge in [-0.25, -0.2) is 17.7 Å². The monoisotopic (exact) mass is 446 g/mol. The van der Waals surface area contributed by atoms with Crippen LogP contribution in [0.2, 0.25) is 0 Å². The lowest BCUT2D eigenvalue weighted by Crippen LogP contribution is -2.41. The molecule has 1 fully saturated rings. The van der Waals surface area contributed by atoms with Crippen LogP contribution >= 0.6 is 11.8 Å². The van der Waals surface area contributed by atoms with Crippen molar-refractivity contribution in [1.82, 2.24) is 14.9 Å². The maximum absolute atomic E-state index is 12.2. The average Bonchev–Trinajstić information content (AvgIpc) is 3.50. The standard InChI is InChI=1S/C22H30N4O2S2/c1-4-23-21(25-17-22(14-15-22)29-19-8-6-5-7-9-19)24-16-18-10-12-20(13-11-18)30(27,28)26(2)3/h5-13H,4,14-17H2,1-3H3,(H2,23,24,25). The first-order valence-electron chi connectivity index (χ1n) is 10.1. The minimum absolute atomic E-state index is 0.236. The van der Waals surface area contributed by atoms with E-state index in [2.05, 4.69) is 39.9 Å². The molecular formula is C22H30N4O2S2. The number of aliphatic imine (C=N–C) groups is 1. The normalized spacial score (nSPS) is 15.8. The minimum Gasteiger partial charge on any atom is -0.357 e. The zero-order chi connectivity index (χ0) is 21.6. The van der Waals surface area contributed by atoms with Crippen LogP contribution in [0.3, 0.4) is 0 Å². The molecule has 1 aliphatic carbocycles. The van der Waals surface area contributed by atoms with Crippen molar-refractivity contribution in [3.8, 4) is 0 Å². The number of hydrogen-bond donors (Lipinski definition) is 2. The largest absolute Gasteiger partial charge is 0.357 e. The first-order chi connectivity index (χ1) is 14.3. The van der Waals surface area contributed by atoms with E-state index >= 15 is 0 Å². The molecule has 0 bridgehead atoms. The molecule has 0 radical (unpaired) electrons. The molecule has 0 heterocycles. The van der Waals surface area contributed by atoms with Gasteiger partial charge in [0.25, 0.3) is 0 Å². The zero-order valence-corrected chi connectivity index (χ0v) is 19.4. The first-order valence-corrected chi connectivity index (χ1v) is 12.4. The SMILES string of the molecule is CCNC(=NCc1ccc(S(=O)(=O)N(C)C)cc1)NCC1(Sc2ccccc2)CC1. The molecule has 162 valence electrons. The van der Waals surface area contributed by atoms with E-state index in [1.807, 2.05) is 36.9 Å². The van der Waals surface area contributed by atoms with E-state index in [4.69, 9.17) is 0 Å². The van der Waals surface area contributed by atoms with Crippen LogP contribution in [0.25, 0.3) is 0 Å². The van der Waals surface area contributed by atoms with E-state index in [9.17, 15) is 8.42 Å². The zero-order valence-electron chi connectivity index (χ0n) is 17.8. The fourth-order valence-corrected chi connectivity index (χ4v) is 5.07. The average molecular weight is 447 g/mol. The summed E-state index contributed by atoms with van der Waals surface area (Å²) in [6.45, 7) is 4.17. The van der Waals surface area contributed by atoms with Crippen LogP contribution in [0.4, 0.5) is 0 Å². The Hall–Kier alpha value is -2.03. The quantitative estimate of drug-likeness (QED) is 0.457. The van der Waals surface area contributed by atoms with Crippen molar-refractivity contribution in [1.29, 1.82) is 0 Å². The van der Waals surface area contributed by atoms with Crippen molar-refractivity contribution >= 4 is 27.7 Å². The van der Waals surface area contributed by atoms with Gasteiger partial charge < -0.3 is 10.6 Å². The molecule has 0 unspecified atom stereocenters. The van der Waals surface area contributed by atoms with Crippen LogP contribution in [-0.4, -0.2) is 50.6 Å². The number of sulfonamides is 1. The van der Waals surface area contributed by atoms with Gasteiger partial charge in [0.2, 0.25) is 10.0 Å². The molecule has 0 atom stereocenters. The highest BCUT2D eigenvalue weighted by Gasteiger charge is 2.43. The second kappa shape index (κ2) is 9.85. The predicted octanol–water partition coefficient (Wildman–Crippen LogP) is 3.32. The maximum atomic E-state index is 12.2. The lowest BCUT2D eigenvalue weighted by Gasteiger charge is -2.18. The lowest BCUT2D eigenvalue weighted by molar-refractivity contribution is 0.520. The van der Waals surface area contributed by atoms with Gasteiger partial charge >= 0.3 is 0 Å². The van der Waals surface area contributed by atoms with Crippen LogP contribution in [0, 0.1) is 0 Å². The third-order valence-electron chi connectivity index (χ3n) is 4.93. The van der Waals surface area contributed by atoms with E-state index in [1.165, 1.54) is 36.1 Å². The highest BCUT2D eigenvalue weighted by molar-refractivity contribution is 8.01. The number of nitrogens with zero attached hydrogens (tertiary/aromatic N) is 2. The molecule has 1 saturated carbocycles. The molecule has 2 aromatic carbocycles. The Kier molecular flexibility index (Phi) is 7.44. The van der Waals surface area contributed by atoms with Crippen LogP contribution in [0.1, 0.15) is 25.3 Å². The van der Waals surface area contributed by atoms with E-state index in [0.29, 0.717) is 11.4 Å². The summed E-state index contributed by atoms with van der Waals surface area (Å²) in [7, 11) is -0.342. The van der Waals surface area contributed by atoms with Gasteiger partial charge in [0.15, 0.2) is 5.96 Å². The fraction of sp³-hybridized carbons (Fsp3) is 0.409. The van der Waals surface area contributed by atoms with E-state index in [-0.39, 0.29) is 4.75 Å². The predicted molar refractivity (Wildman–Crippen MR) is 124 cm³/mol. The highest BCUT2D eigenvalue weighted by atomic mass is 32.2. The second-order valence-electron chi connectivity index (χ2n) is 7.58. The van der Waals surface area contributed by atoms with Gasteiger partial charge in [-0.2, -0.15) is 0 Å². The van der Waals surface area contributed by atoms with Crippen molar-refractivity contribution in [3.63, 3.8) is 0 Å². The topological polar surface area (TPSA) is 73.8 Å². The lowest BCUT2D eigenvalue weighted by atomic mass is 10.2. The van der Waals surface area contributed by atoms with Crippen molar-refractivity contribution in [3.05, 3.63) is 60.2 Å². The molecular weight excluding hydrogens is 416 g/mol. The van der Waals surface area contributed by atoms with Gasteiger partial charge in [-0.3, -0.25) is 0 Å². The summed E-state index contributed by atoms with van der Waals surface area (Å²) in [5.41, 5.74) is 0.963. The summed E-state index contributed by atoms with van der Waals surface area (Å²) in [6, 6.07) is 17.4. The molecule has 6 nitrogen and oxygen atoms in total. The number of benzene rings is 2. The molecule has 2 N–H and O–H groups in total. The van der Waals surface area contributed by atoms with Gasteiger partial charge in [-0.05, 0) is 49.6 Å². The molecule has 0 amide bonds. The Morgan fingerprint density at radius 2 is 1.73 bits per heavy atom. The molecule has 0 aliphatic heterocycles. The second-order valence-corrected chi connectivity index (χ2v) is 11.3. The molecule has 0 saturated heterocycles. The Morgan fingerprint density at radius 3 is 2.30 bits per heavy atom. The molecule has 1 aliphatic rings. The van der Waals surface area contributed by atoms with Crippen molar-refractivity contribution in [2.45, 2.75) is 40.8 Å². The number of rotatable bonds is 9. The summed E-state index contributed by atoms with van der Waals surface area (Å²) < 4.78 is 25.8.